The summed E-state index contributed by atoms with van der Waals surface area (Å²) < 4.78 is 13.9. The first-order valence-corrected chi connectivity index (χ1v) is 8.60. The molecule has 3 aromatic rings. The van der Waals surface area contributed by atoms with Crippen molar-refractivity contribution in [2.75, 3.05) is 14.2 Å². The van der Waals surface area contributed by atoms with Crippen molar-refractivity contribution >= 4 is 22.9 Å². The fraction of sp³-hybridized carbons (Fsp3) is 0.238. The summed E-state index contributed by atoms with van der Waals surface area (Å²) in [6.07, 6.45) is 2.43. The molecule has 1 aliphatic carbocycles. The van der Waals surface area contributed by atoms with Crippen molar-refractivity contribution in [3.05, 3.63) is 63.1 Å². The Hall–Kier alpha value is -3.28. The number of aromatic nitrogens is 2. The van der Waals surface area contributed by atoms with Crippen LogP contribution in [0.2, 0.25) is 0 Å². The van der Waals surface area contributed by atoms with Crippen LogP contribution in [-0.4, -0.2) is 29.1 Å². The van der Waals surface area contributed by atoms with Gasteiger partial charge in [0.25, 0.3) is 0 Å². The average Bonchev–Trinajstić information content (AvgIpc) is 3.09. The van der Waals surface area contributed by atoms with Crippen molar-refractivity contribution in [3.8, 4) is 11.5 Å². The summed E-state index contributed by atoms with van der Waals surface area (Å²) in [5.41, 5.74) is 4.80. The molecule has 138 valence electrons. The number of aryl methyl sites for hydroxylation is 2. The molecule has 27 heavy (non-hydrogen) atoms. The van der Waals surface area contributed by atoms with Crippen LogP contribution in [0.5, 0.6) is 11.5 Å². The van der Waals surface area contributed by atoms with Gasteiger partial charge in [-0.1, -0.05) is 6.07 Å². The minimum Gasteiger partial charge on any atom is -0.493 e. The van der Waals surface area contributed by atoms with Gasteiger partial charge in [0.1, 0.15) is 0 Å². The molecule has 1 heterocycles. The van der Waals surface area contributed by atoms with Crippen LogP contribution >= 0.6 is 0 Å². The minimum atomic E-state index is -0.0710. The summed E-state index contributed by atoms with van der Waals surface area (Å²) in [5.74, 6) is 1.16. The molecule has 0 saturated heterocycles. The fourth-order valence-corrected chi connectivity index (χ4v) is 3.67. The van der Waals surface area contributed by atoms with Gasteiger partial charge in [0.15, 0.2) is 17.3 Å². The van der Waals surface area contributed by atoms with Crippen LogP contribution in [0.3, 0.4) is 0 Å². The molecule has 0 bridgehead atoms. The molecule has 0 fully saturated rings. The molecule has 6 nitrogen and oxygen atoms in total. The zero-order valence-corrected chi connectivity index (χ0v) is 15.7. The van der Waals surface area contributed by atoms with E-state index < -0.39 is 0 Å². The van der Waals surface area contributed by atoms with Gasteiger partial charge in [-0.2, -0.15) is 0 Å². The molecule has 0 N–H and O–H groups in total. The van der Waals surface area contributed by atoms with Crippen molar-refractivity contribution in [2.45, 2.75) is 6.42 Å². The van der Waals surface area contributed by atoms with Crippen LogP contribution < -0.4 is 15.2 Å². The van der Waals surface area contributed by atoms with E-state index in [0.717, 1.165) is 22.2 Å². The van der Waals surface area contributed by atoms with Gasteiger partial charge < -0.3 is 9.47 Å². The first-order chi connectivity index (χ1) is 12.9. The van der Waals surface area contributed by atoms with E-state index in [-0.39, 0.29) is 11.5 Å². The van der Waals surface area contributed by atoms with Gasteiger partial charge in [0, 0.05) is 31.7 Å². The lowest BCUT2D eigenvalue weighted by molar-refractivity contribution is 0.104. The predicted octanol–water partition coefficient (Wildman–Crippen LogP) is 2.72. The van der Waals surface area contributed by atoms with E-state index in [9.17, 15) is 9.59 Å². The zero-order chi connectivity index (χ0) is 19.3. The highest BCUT2D eigenvalue weighted by Gasteiger charge is 2.27. The molecule has 1 aromatic heterocycles. The molecule has 4 rings (SSSR count). The molecule has 0 aliphatic heterocycles. The van der Waals surface area contributed by atoms with Gasteiger partial charge in [0.2, 0.25) is 0 Å². The van der Waals surface area contributed by atoms with Crippen LogP contribution in [0.1, 0.15) is 21.5 Å². The molecule has 2 aromatic carbocycles. The van der Waals surface area contributed by atoms with Crippen molar-refractivity contribution in [1.82, 2.24) is 9.13 Å². The number of allylic oxidation sites excluding steroid dienone is 1. The summed E-state index contributed by atoms with van der Waals surface area (Å²) in [6.45, 7) is 0. The molecule has 6 heteroatoms. The second kappa shape index (κ2) is 6.16. The monoisotopic (exact) mass is 364 g/mol. The number of methoxy groups -OCH3 is 2. The van der Waals surface area contributed by atoms with Gasteiger partial charge in [-0.25, -0.2) is 4.79 Å². The second-order valence-corrected chi connectivity index (χ2v) is 6.69. The average molecular weight is 364 g/mol. The Morgan fingerprint density at radius 3 is 2.30 bits per heavy atom. The maximum Gasteiger partial charge on any atom is 0.328 e. The van der Waals surface area contributed by atoms with Crippen molar-refractivity contribution < 1.29 is 14.3 Å². The third-order valence-corrected chi connectivity index (χ3v) is 5.16. The SMILES string of the molecule is COc1cc2c(cc1OC)C(=O)C(=Cc1ccc3c(c1)n(C)c(=O)n3C)C2. The predicted molar refractivity (Wildman–Crippen MR) is 104 cm³/mol. The van der Waals surface area contributed by atoms with Gasteiger partial charge >= 0.3 is 5.69 Å². The van der Waals surface area contributed by atoms with Crippen LogP contribution in [0.4, 0.5) is 0 Å². The minimum absolute atomic E-state index is 0.00648. The Balaban J connectivity index is 1.77. The lowest BCUT2D eigenvalue weighted by Crippen LogP contribution is -2.19. The number of nitrogens with zero attached hydrogens (tertiary/aromatic N) is 2. The molecule has 0 spiro atoms. The van der Waals surface area contributed by atoms with Crippen molar-refractivity contribution in [2.24, 2.45) is 14.1 Å². The van der Waals surface area contributed by atoms with Gasteiger partial charge in [0.05, 0.1) is 25.3 Å². The second-order valence-electron chi connectivity index (χ2n) is 6.69. The van der Waals surface area contributed by atoms with E-state index in [4.69, 9.17) is 9.47 Å². The Morgan fingerprint density at radius 2 is 1.59 bits per heavy atom. The molecule has 0 atom stereocenters. The third kappa shape index (κ3) is 2.56. The number of ketones is 1. The molecule has 0 radical (unpaired) electrons. The van der Waals surface area contributed by atoms with Crippen LogP contribution in [0.25, 0.3) is 17.1 Å². The number of fused-ring (bicyclic) bond motifs is 2. The smallest absolute Gasteiger partial charge is 0.328 e. The van der Waals surface area contributed by atoms with E-state index in [1.807, 2.05) is 30.3 Å². The Labute approximate surface area is 156 Å². The van der Waals surface area contributed by atoms with E-state index in [2.05, 4.69) is 0 Å². The van der Waals surface area contributed by atoms with Gasteiger partial charge in [-0.15, -0.1) is 0 Å². The number of ether oxygens (including phenoxy) is 2. The van der Waals surface area contributed by atoms with Crippen LogP contribution in [0, 0.1) is 0 Å². The lowest BCUT2D eigenvalue weighted by Gasteiger charge is -2.08. The molecule has 1 aliphatic rings. The highest BCUT2D eigenvalue weighted by Crippen LogP contribution is 2.37. The van der Waals surface area contributed by atoms with E-state index >= 15 is 0 Å². The summed E-state index contributed by atoms with van der Waals surface area (Å²) in [6, 6.07) is 9.35. The van der Waals surface area contributed by atoms with E-state index in [0.29, 0.717) is 29.1 Å². The number of hydrogen-bond acceptors (Lipinski definition) is 4. The Kier molecular flexibility index (Phi) is 3.91. The lowest BCUT2D eigenvalue weighted by atomic mass is 10.1. The molecular formula is C21H20N2O4. The Bertz CT molecular complexity index is 1180. The maximum absolute atomic E-state index is 12.8. The van der Waals surface area contributed by atoms with Crippen LogP contribution in [0.15, 0.2) is 40.7 Å². The van der Waals surface area contributed by atoms with E-state index in [1.54, 1.807) is 43.5 Å². The number of Topliss-reactive ketones (excluding diaryl/α,β-unsaturated/α-hetero) is 1. The summed E-state index contributed by atoms with van der Waals surface area (Å²) >= 11 is 0. The molecule has 0 unspecified atom stereocenters. The summed E-state index contributed by atoms with van der Waals surface area (Å²) in [4.78, 5) is 24.9. The van der Waals surface area contributed by atoms with Crippen molar-refractivity contribution in [3.63, 3.8) is 0 Å². The largest absolute Gasteiger partial charge is 0.493 e. The molecule has 0 amide bonds. The number of benzene rings is 2. The molecular weight excluding hydrogens is 344 g/mol. The zero-order valence-electron chi connectivity index (χ0n) is 15.7. The third-order valence-electron chi connectivity index (χ3n) is 5.16. The number of carbonyl (C=O) groups excluding carboxylic acids is 1. The first-order valence-electron chi connectivity index (χ1n) is 8.60. The molecule has 0 saturated carbocycles. The number of rotatable bonds is 3. The fourth-order valence-electron chi connectivity index (χ4n) is 3.67. The summed E-state index contributed by atoms with van der Waals surface area (Å²) in [5, 5.41) is 0. The standard InChI is InChI=1S/C21H20N2O4/c1-22-16-6-5-12(8-17(16)23(2)21(22)25)7-14-9-13-10-18(26-3)19(27-4)11-15(13)20(14)24/h5-8,10-11H,9H2,1-4H3. The number of hydrogen-bond donors (Lipinski definition) is 0. The number of carbonyl (C=O) groups is 1. The van der Waals surface area contributed by atoms with Gasteiger partial charge in [-0.3, -0.25) is 13.9 Å². The van der Waals surface area contributed by atoms with Crippen LogP contribution in [-0.2, 0) is 20.5 Å². The normalized spacial score (nSPS) is 14.8. The summed E-state index contributed by atoms with van der Waals surface area (Å²) in [7, 11) is 6.63. The first kappa shape index (κ1) is 17.1. The van der Waals surface area contributed by atoms with E-state index in [1.165, 1.54) is 0 Å². The maximum atomic E-state index is 12.8. The highest BCUT2D eigenvalue weighted by atomic mass is 16.5. The number of imidazole rings is 1. The topological polar surface area (TPSA) is 62.5 Å². The quantitative estimate of drug-likeness (QED) is 0.671. The Morgan fingerprint density at radius 1 is 0.926 bits per heavy atom. The van der Waals surface area contributed by atoms with Gasteiger partial charge in [-0.05, 0) is 41.5 Å². The highest BCUT2D eigenvalue weighted by molar-refractivity contribution is 6.16. The van der Waals surface area contributed by atoms with Crippen molar-refractivity contribution in [1.29, 1.82) is 0 Å².